The van der Waals surface area contributed by atoms with Crippen molar-refractivity contribution in [1.82, 2.24) is 20.0 Å². The third-order valence-corrected chi connectivity index (χ3v) is 5.98. The van der Waals surface area contributed by atoms with E-state index in [-0.39, 0.29) is 17.7 Å². The van der Waals surface area contributed by atoms with E-state index in [1.54, 1.807) is 0 Å². The molecule has 26 heavy (non-hydrogen) atoms. The van der Waals surface area contributed by atoms with E-state index >= 15 is 0 Å². The molecular weight excluding hydrogens is 328 g/mol. The molecule has 138 valence electrons. The van der Waals surface area contributed by atoms with Crippen molar-refractivity contribution in [1.29, 1.82) is 0 Å². The van der Waals surface area contributed by atoms with Crippen LogP contribution in [0, 0.1) is 0 Å². The minimum absolute atomic E-state index is 0.188. The summed E-state index contributed by atoms with van der Waals surface area (Å²) in [7, 11) is 1.93. The average Bonchev–Trinajstić information content (AvgIpc) is 2.98. The number of hydrogen-bond acceptors (Lipinski definition) is 4. The summed E-state index contributed by atoms with van der Waals surface area (Å²) in [4.78, 5) is 26.2. The van der Waals surface area contributed by atoms with E-state index < -0.39 is 0 Å². The lowest BCUT2D eigenvalue weighted by Gasteiger charge is -2.31. The predicted molar refractivity (Wildman–Crippen MR) is 99.9 cm³/mol. The van der Waals surface area contributed by atoms with Crippen LogP contribution in [-0.2, 0) is 16.6 Å². The molecule has 1 N–H and O–H groups in total. The van der Waals surface area contributed by atoms with Crippen molar-refractivity contribution in [2.75, 3.05) is 19.6 Å². The number of imide groups is 1. The third-order valence-electron chi connectivity index (χ3n) is 5.98. The first kappa shape index (κ1) is 17.2. The largest absolute Gasteiger partial charge is 0.304 e. The molecule has 1 unspecified atom stereocenters. The van der Waals surface area contributed by atoms with Gasteiger partial charge in [-0.2, -0.15) is 5.10 Å². The van der Waals surface area contributed by atoms with Crippen LogP contribution in [0.2, 0.25) is 0 Å². The number of benzene rings is 1. The Labute approximate surface area is 153 Å². The number of aryl methyl sites for hydroxylation is 1. The molecule has 0 spiro atoms. The molecule has 0 aliphatic carbocycles. The van der Waals surface area contributed by atoms with Gasteiger partial charge in [-0.05, 0) is 56.4 Å². The zero-order valence-corrected chi connectivity index (χ0v) is 15.5. The molecule has 6 nitrogen and oxygen atoms in total. The number of nitrogens with zero attached hydrogens (tertiary/aromatic N) is 3. The van der Waals surface area contributed by atoms with E-state index in [2.05, 4.69) is 40.4 Å². The molecule has 3 heterocycles. The number of piperidine rings is 2. The Morgan fingerprint density at radius 3 is 2.65 bits per heavy atom. The number of aromatic nitrogens is 2. The molecule has 2 aromatic rings. The number of carbonyl (C=O) groups is 2. The number of likely N-dealkylation sites (tertiary alicyclic amines) is 1. The Morgan fingerprint density at radius 1 is 1.19 bits per heavy atom. The SMILES string of the molecule is CCN1CCC(c2ccc3c(C4CCC(=O)NC4=O)nn(C)c3c2)CC1. The Morgan fingerprint density at radius 2 is 1.96 bits per heavy atom. The molecule has 0 bridgehead atoms. The predicted octanol–water partition coefficient (Wildman–Crippen LogP) is 2.29. The van der Waals surface area contributed by atoms with Crippen LogP contribution in [0.25, 0.3) is 10.9 Å². The van der Waals surface area contributed by atoms with Crippen LogP contribution in [0.15, 0.2) is 18.2 Å². The molecule has 2 amide bonds. The summed E-state index contributed by atoms with van der Waals surface area (Å²) in [6, 6.07) is 6.55. The van der Waals surface area contributed by atoms with E-state index in [1.165, 1.54) is 18.4 Å². The lowest BCUT2D eigenvalue weighted by molar-refractivity contribution is -0.134. The molecule has 6 heteroatoms. The van der Waals surface area contributed by atoms with Gasteiger partial charge in [-0.25, -0.2) is 0 Å². The number of amides is 2. The summed E-state index contributed by atoms with van der Waals surface area (Å²) >= 11 is 0. The van der Waals surface area contributed by atoms with Crippen molar-refractivity contribution in [2.24, 2.45) is 7.05 Å². The minimum Gasteiger partial charge on any atom is -0.304 e. The van der Waals surface area contributed by atoms with Crippen LogP contribution in [0.1, 0.15) is 55.7 Å². The van der Waals surface area contributed by atoms with Gasteiger partial charge in [-0.3, -0.25) is 19.6 Å². The summed E-state index contributed by atoms with van der Waals surface area (Å²) in [5.41, 5.74) is 3.23. The second-order valence-corrected chi connectivity index (χ2v) is 7.50. The fraction of sp³-hybridized carbons (Fsp3) is 0.550. The molecule has 2 aliphatic rings. The van der Waals surface area contributed by atoms with Gasteiger partial charge >= 0.3 is 0 Å². The molecule has 0 saturated carbocycles. The summed E-state index contributed by atoms with van der Waals surface area (Å²) in [6.07, 6.45) is 3.30. The van der Waals surface area contributed by atoms with Crippen LogP contribution in [0.4, 0.5) is 0 Å². The van der Waals surface area contributed by atoms with Crippen LogP contribution in [0.5, 0.6) is 0 Å². The van der Waals surface area contributed by atoms with Gasteiger partial charge in [-0.15, -0.1) is 0 Å². The van der Waals surface area contributed by atoms with Gasteiger partial charge in [0.2, 0.25) is 11.8 Å². The lowest BCUT2D eigenvalue weighted by atomic mass is 9.88. The smallest absolute Gasteiger partial charge is 0.235 e. The van der Waals surface area contributed by atoms with Crippen molar-refractivity contribution in [3.8, 4) is 0 Å². The normalized spacial score (nSPS) is 22.8. The Kier molecular flexibility index (Phi) is 4.53. The topological polar surface area (TPSA) is 67.2 Å². The zero-order valence-electron chi connectivity index (χ0n) is 15.5. The number of rotatable bonds is 3. The highest BCUT2D eigenvalue weighted by Gasteiger charge is 2.31. The van der Waals surface area contributed by atoms with Crippen LogP contribution < -0.4 is 5.32 Å². The maximum atomic E-state index is 12.2. The van der Waals surface area contributed by atoms with Crippen LogP contribution in [0.3, 0.4) is 0 Å². The second kappa shape index (κ2) is 6.83. The second-order valence-electron chi connectivity index (χ2n) is 7.50. The van der Waals surface area contributed by atoms with E-state index in [0.717, 1.165) is 36.2 Å². The number of nitrogens with one attached hydrogen (secondary N) is 1. The van der Waals surface area contributed by atoms with E-state index in [1.807, 2.05) is 11.7 Å². The van der Waals surface area contributed by atoms with Crippen LogP contribution in [-0.4, -0.2) is 46.1 Å². The van der Waals surface area contributed by atoms with Gasteiger partial charge in [0.15, 0.2) is 0 Å². The first-order valence-corrected chi connectivity index (χ1v) is 9.59. The summed E-state index contributed by atoms with van der Waals surface area (Å²) < 4.78 is 1.87. The Bertz CT molecular complexity index is 849. The third kappa shape index (κ3) is 3.03. The first-order valence-electron chi connectivity index (χ1n) is 9.59. The maximum Gasteiger partial charge on any atom is 0.235 e. The monoisotopic (exact) mass is 354 g/mol. The van der Waals surface area contributed by atoms with E-state index in [4.69, 9.17) is 0 Å². The summed E-state index contributed by atoms with van der Waals surface area (Å²) in [5, 5.41) is 8.10. The highest BCUT2D eigenvalue weighted by atomic mass is 16.2. The average molecular weight is 354 g/mol. The fourth-order valence-electron chi connectivity index (χ4n) is 4.35. The van der Waals surface area contributed by atoms with E-state index in [9.17, 15) is 9.59 Å². The van der Waals surface area contributed by atoms with Crippen molar-refractivity contribution < 1.29 is 9.59 Å². The number of hydrogen-bond donors (Lipinski definition) is 1. The maximum absolute atomic E-state index is 12.2. The zero-order chi connectivity index (χ0) is 18.3. The molecule has 0 radical (unpaired) electrons. The van der Waals surface area contributed by atoms with Gasteiger partial charge in [0.1, 0.15) is 0 Å². The van der Waals surface area contributed by atoms with Gasteiger partial charge in [0.05, 0.1) is 17.1 Å². The molecule has 2 saturated heterocycles. The molecular formula is C20H26N4O2. The first-order chi connectivity index (χ1) is 12.6. The quantitative estimate of drug-likeness (QED) is 0.859. The van der Waals surface area contributed by atoms with Crippen molar-refractivity contribution in [3.05, 3.63) is 29.5 Å². The molecule has 1 aromatic heterocycles. The Balaban J connectivity index is 1.63. The van der Waals surface area contributed by atoms with Gasteiger partial charge in [-0.1, -0.05) is 19.1 Å². The van der Waals surface area contributed by atoms with Gasteiger partial charge < -0.3 is 4.90 Å². The van der Waals surface area contributed by atoms with Crippen LogP contribution >= 0.6 is 0 Å². The minimum atomic E-state index is -0.338. The van der Waals surface area contributed by atoms with Crippen molar-refractivity contribution in [3.63, 3.8) is 0 Å². The number of fused-ring (bicyclic) bond motifs is 1. The molecule has 4 rings (SSSR count). The van der Waals surface area contributed by atoms with Gasteiger partial charge in [0, 0.05) is 18.9 Å². The number of carbonyl (C=O) groups excluding carboxylic acids is 2. The highest BCUT2D eigenvalue weighted by molar-refractivity contribution is 6.02. The van der Waals surface area contributed by atoms with Crippen molar-refractivity contribution in [2.45, 2.75) is 44.4 Å². The standard InChI is InChI=1S/C20H26N4O2/c1-3-24-10-8-13(9-11-24)14-4-5-15-17(12-14)23(2)22-19(15)16-6-7-18(25)21-20(16)26/h4-5,12-13,16H,3,6-11H2,1-2H3,(H,21,25,26). The molecule has 1 aromatic carbocycles. The summed E-state index contributed by atoms with van der Waals surface area (Å²) in [6.45, 7) is 5.67. The highest BCUT2D eigenvalue weighted by Crippen LogP contribution is 2.34. The van der Waals surface area contributed by atoms with Gasteiger partial charge in [0.25, 0.3) is 0 Å². The molecule has 2 aliphatic heterocycles. The summed E-state index contributed by atoms with van der Waals surface area (Å²) in [5.74, 6) is -0.157. The van der Waals surface area contributed by atoms with E-state index in [0.29, 0.717) is 18.8 Å². The molecule has 2 fully saturated rings. The molecule has 1 atom stereocenters. The fourth-order valence-corrected chi connectivity index (χ4v) is 4.35. The van der Waals surface area contributed by atoms with Crippen molar-refractivity contribution >= 4 is 22.7 Å². The Hall–Kier alpha value is -2.21. The lowest BCUT2D eigenvalue weighted by Crippen LogP contribution is -2.39.